The van der Waals surface area contributed by atoms with Crippen LogP contribution >= 0.6 is 15.9 Å². The Balaban J connectivity index is 2.29. The summed E-state index contributed by atoms with van der Waals surface area (Å²) >= 11 is 3.39. The molecule has 0 spiro atoms. The topological polar surface area (TPSA) is 78.9 Å². The number of carbonyl (C=O) groups excluding carboxylic acids is 1. The first-order valence-electron chi connectivity index (χ1n) is 5.46. The molecule has 19 heavy (non-hydrogen) atoms. The number of nitrogens with one attached hydrogen (secondary N) is 1. The standard InChI is InChI=1S/C14H10BrN3O/c15-12-6-9(8-16)4-5-13(12)18-11-3-1-2-10(7-11)14(17)19/h1-7,18H,(H2,17,19). The average molecular weight is 316 g/mol. The lowest BCUT2D eigenvalue weighted by atomic mass is 10.1. The van der Waals surface area contributed by atoms with Crippen molar-refractivity contribution >= 4 is 33.2 Å². The molecule has 1 amide bonds. The number of anilines is 2. The first-order chi connectivity index (χ1) is 9.10. The van der Waals surface area contributed by atoms with E-state index in [1.807, 2.05) is 6.07 Å². The molecule has 0 bridgehead atoms. The number of carbonyl (C=O) groups is 1. The summed E-state index contributed by atoms with van der Waals surface area (Å²) in [6.45, 7) is 0. The molecule has 2 rings (SSSR count). The predicted octanol–water partition coefficient (Wildman–Crippen LogP) is 3.16. The van der Waals surface area contributed by atoms with Gasteiger partial charge in [0, 0.05) is 15.7 Å². The second-order valence-electron chi connectivity index (χ2n) is 3.88. The number of amides is 1. The molecular formula is C14H10BrN3O. The van der Waals surface area contributed by atoms with Gasteiger partial charge in [-0.1, -0.05) is 6.07 Å². The Bertz CT molecular complexity index is 677. The number of hydrogen-bond donors (Lipinski definition) is 2. The summed E-state index contributed by atoms with van der Waals surface area (Å²) in [5, 5.41) is 12.0. The number of hydrogen-bond acceptors (Lipinski definition) is 3. The monoisotopic (exact) mass is 315 g/mol. The molecule has 0 aromatic heterocycles. The van der Waals surface area contributed by atoms with Gasteiger partial charge in [-0.25, -0.2) is 0 Å². The van der Waals surface area contributed by atoms with Crippen LogP contribution in [0.2, 0.25) is 0 Å². The van der Waals surface area contributed by atoms with Crippen LogP contribution in [0.5, 0.6) is 0 Å². The van der Waals surface area contributed by atoms with Crippen LogP contribution in [0.25, 0.3) is 0 Å². The van der Waals surface area contributed by atoms with Gasteiger partial charge >= 0.3 is 0 Å². The highest BCUT2D eigenvalue weighted by Gasteiger charge is 2.04. The summed E-state index contributed by atoms with van der Waals surface area (Å²) in [4.78, 5) is 11.1. The summed E-state index contributed by atoms with van der Waals surface area (Å²) in [7, 11) is 0. The average Bonchev–Trinajstić information content (AvgIpc) is 2.41. The summed E-state index contributed by atoms with van der Waals surface area (Å²) in [6.07, 6.45) is 0. The van der Waals surface area contributed by atoms with Crippen molar-refractivity contribution in [2.75, 3.05) is 5.32 Å². The maximum atomic E-state index is 11.1. The first-order valence-corrected chi connectivity index (χ1v) is 6.26. The van der Waals surface area contributed by atoms with E-state index in [1.54, 1.807) is 36.4 Å². The number of rotatable bonds is 3. The Morgan fingerprint density at radius 3 is 2.68 bits per heavy atom. The van der Waals surface area contributed by atoms with Gasteiger partial charge in [-0.3, -0.25) is 4.79 Å². The summed E-state index contributed by atoms with van der Waals surface area (Å²) in [5.41, 5.74) is 7.80. The lowest BCUT2D eigenvalue weighted by Gasteiger charge is -2.09. The fourth-order valence-corrected chi connectivity index (χ4v) is 2.07. The Morgan fingerprint density at radius 2 is 2.05 bits per heavy atom. The van der Waals surface area contributed by atoms with Crippen LogP contribution in [0.15, 0.2) is 46.9 Å². The molecule has 0 fully saturated rings. The lowest BCUT2D eigenvalue weighted by Crippen LogP contribution is -2.10. The number of benzene rings is 2. The van der Waals surface area contributed by atoms with Crippen LogP contribution in [0, 0.1) is 11.3 Å². The van der Waals surface area contributed by atoms with Crippen LogP contribution in [0.1, 0.15) is 15.9 Å². The molecule has 0 aliphatic rings. The zero-order chi connectivity index (χ0) is 13.8. The molecule has 94 valence electrons. The van der Waals surface area contributed by atoms with Gasteiger partial charge in [0.1, 0.15) is 0 Å². The van der Waals surface area contributed by atoms with Gasteiger partial charge in [0.15, 0.2) is 0 Å². The molecular weight excluding hydrogens is 306 g/mol. The highest BCUT2D eigenvalue weighted by Crippen LogP contribution is 2.27. The largest absolute Gasteiger partial charge is 0.366 e. The van der Waals surface area contributed by atoms with E-state index in [4.69, 9.17) is 11.0 Å². The van der Waals surface area contributed by atoms with Gasteiger partial charge in [0.25, 0.3) is 0 Å². The van der Waals surface area contributed by atoms with Gasteiger partial charge in [-0.15, -0.1) is 0 Å². The quantitative estimate of drug-likeness (QED) is 0.913. The zero-order valence-electron chi connectivity index (χ0n) is 9.85. The van der Waals surface area contributed by atoms with Gasteiger partial charge in [-0.2, -0.15) is 5.26 Å². The van der Waals surface area contributed by atoms with Crippen LogP contribution in [-0.2, 0) is 0 Å². The minimum absolute atomic E-state index is 0.440. The molecule has 0 saturated heterocycles. The minimum Gasteiger partial charge on any atom is -0.366 e. The van der Waals surface area contributed by atoms with E-state index in [9.17, 15) is 4.79 Å². The molecule has 3 N–H and O–H groups in total. The van der Waals surface area contributed by atoms with Crippen LogP contribution in [0.3, 0.4) is 0 Å². The summed E-state index contributed by atoms with van der Waals surface area (Å²) in [5.74, 6) is -0.470. The van der Waals surface area contributed by atoms with E-state index in [2.05, 4.69) is 27.3 Å². The molecule has 0 atom stereocenters. The predicted molar refractivity (Wildman–Crippen MR) is 77.1 cm³/mol. The molecule has 0 aliphatic heterocycles. The third-order valence-corrected chi connectivity index (χ3v) is 3.18. The molecule has 0 heterocycles. The van der Waals surface area contributed by atoms with Gasteiger partial charge in [-0.05, 0) is 52.3 Å². The fourth-order valence-electron chi connectivity index (χ4n) is 1.59. The Kier molecular flexibility index (Phi) is 3.83. The number of primary amides is 1. The second-order valence-corrected chi connectivity index (χ2v) is 4.73. The molecule has 5 heteroatoms. The minimum atomic E-state index is -0.470. The van der Waals surface area contributed by atoms with Crippen molar-refractivity contribution < 1.29 is 4.79 Å². The van der Waals surface area contributed by atoms with Crippen molar-refractivity contribution in [3.05, 3.63) is 58.1 Å². The van der Waals surface area contributed by atoms with Crippen molar-refractivity contribution in [3.63, 3.8) is 0 Å². The van der Waals surface area contributed by atoms with E-state index < -0.39 is 5.91 Å². The van der Waals surface area contributed by atoms with Crippen molar-refractivity contribution in [3.8, 4) is 6.07 Å². The Hall–Kier alpha value is -2.32. The van der Waals surface area contributed by atoms with E-state index in [-0.39, 0.29) is 0 Å². The smallest absolute Gasteiger partial charge is 0.248 e. The van der Waals surface area contributed by atoms with E-state index in [1.165, 1.54) is 0 Å². The third-order valence-electron chi connectivity index (χ3n) is 2.52. The van der Waals surface area contributed by atoms with E-state index >= 15 is 0 Å². The summed E-state index contributed by atoms with van der Waals surface area (Å²) in [6, 6.07) is 14.2. The molecule has 0 radical (unpaired) electrons. The van der Waals surface area contributed by atoms with Crippen molar-refractivity contribution in [1.82, 2.24) is 0 Å². The highest BCUT2D eigenvalue weighted by molar-refractivity contribution is 9.10. The molecule has 4 nitrogen and oxygen atoms in total. The van der Waals surface area contributed by atoms with Crippen LogP contribution < -0.4 is 11.1 Å². The Morgan fingerprint density at radius 1 is 1.26 bits per heavy atom. The van der Waals surface area contributed by atoms with Crippen molar-refractivity contribution in [2.45, 2.75) is 0 Å². The zero-order valence-corrected chi connectivity index (χ0v) is 11.4. The molecule has 0 aliphatic carbocycles. The number of halogens is 1. The normalized spacial score (nSPS) is 9.68. The summed E-state index contributed by atoms with van der Waals surface area (Å²) < 4.78 is 0.774. The van der Waals surface area contributed by atoms with E-state index in [0.717, 1.165) is 15.8 Å². The van der Waals surface area contributed by atoms with Crippen molar-refractivity contribution in [1.29, 1.82) is 5.26 Å². The first kappa shape index (κ1) is 13.1. The van der Waals surface area contributed by atoms with E-state index in [0.29, 0.717) is 11.1 Å². The van der Waals surface area contributed by atoms with Gasteiger partial charge < -0.3 is 11.1 Å². The van der Waals surface area contributed by atoms with Crippen LogP contribution in [-0.4, -0.2) is 5.91 Å². The van der Waals surface area contributed by atoms with Crippen molar-refractivity contribution in [2.24, 2.45) is 5.73 Å². The van der Waals surface area contributed by atoms with Crippen LogP contribution in [0.4, 0.5) is 11.4 Å². The van der Waals surface area contributed by atoms with Gasteiger partial charge in [0.05, 0.1) is 17.3 Å². The fraction of sp³-hybridized carbons (Fsp3) is 0. The lowest BCUT2D eigenvalue weighted by molar-refractivity contribution is 0.100. The number of nitrogens with zero attached hydrogens (tertiary/aromatic N) is 1. The van der Waals surface area contributed by atoms with Gasteiger partial charge in [0.2, 0.25) is 5.91 Å². The maximum absolute atomic E-state index is 11.1. The number of nitrogens with two attached hydrogens (primary N) is 1. The Labute approximate surface area is 119 Å². The number of nitriles is 1. The molecule has 0 unspecified atom stereocenters. The maximum Gasteiger partial charge on any atom is 0.248 e. The highest BCUT2D eigenvalue weighted by atomic mass is 79.9. The SMILES string of the molecule is N#Cc1ccc(Nc2cccc(C(N)=O)c2)c(Br)c1. The molecule has 2 aromatic rings. The third kappa shape index (κ3) is 3.12. The molecule has 0 saturated carbocycles. The second kappa shape index (κ2) is 5.55. The molecule has 2 aromatic carbocycles.